The lowest BCUT2D eigenvalue weighted by atomic mass is 10.1. The predicted molar refractivity (Wildman–Crippen MR) is 110 cm³/mol. The summed E-state index contributed by atoms with van der Waals surface area (Å²) < 4.78 is 3.84. The fourth-order valence-electron chi connectivity index (χ4n) is 3.02. The molecule has 0 aliphatic rings. The average Bonchev–Trinajstić information content (AvgIpc) is 3.30. The van der Waals surface area contributed by atoms with Gasteiger partial charge in [-0.15, -0.1) is 11.3 Å². The molecule has 0 aliphatic carbocycles. The van der Waals surface area contributed by atoms with Crippen molar-refractivity contribution in [2.75, 3.05) is 0 Å². The summed E-state index contributed by atoms with van der Waals surface area (Å²) in [6.45, 7) is 0.221. The minimum Gasteiger partial charge on any atom is -0.366 e. The molecule has 0 saturated carbocycles. The summed E-state index contributed by atoms with van der Waals surface area (Å²) in [5.74, 6) is -0.492. The molecule has 0 fully saturated rings. The highest BCUT2D eigenvalue weighted by Crippen LogP contribution is 2.25. The first-order valence-electron chi connectivity index (χ1n) is 8.44. The van der Waals surface area contributed by atoms with Crippen molar-refractivity contribution in [3.05, 3.63) is 67.0 Å². The van der Waals surface area contributed by atoms with Gasteiger partial charge in [-0.1, -0.05) is 12.1 Å². The average molecular weight is 431 g/mol. The lowest BCUT2D eigenvalue weighted by Gasteiger charge is -2.06. The van der Waals surface area contributed by atoms with E-state index in [2.05, 4.69) is 9.97 Å². The summed E-state index contributed by atoms with van der Waals surface area (Å²) in [6, 6.07) is 6.83. The Labute approximate surface area is 172 Å². The van der Waals surface area contributed by atoms with Crippen molar-refractivity contribution < 1.29 is 4.79 Å². The van der Waals surface area contributed by atoms with E-state index in [4.69, 9.17) is 17.3 Å². The van der Waals surface area contributed by atoms with E-state index in [9.17, 15) is 14.4 Å². The van der Waals surface area contributed by atoms with E-state index in [0.717, 1.165) is 15.1 Å². The summed E-state index contributed by atoms with van der Waals surface area (Å²) in [4.78, 5) is 44.7. The van der Waals surface area contributed by atoms with E-state index >= 15 is 0 Å². The zero-order valence-electron chi connectivity index (χ0n) is 15.4. The van der Waals surface area contributed by atoms with Crippen LogP contribution in [0.5, 0.6) is 0 Å². The second-order valence-electron chi connectivity index (χ2n) is 6.43. The molecule has 0 saturated heterocycles. The number of rotatable bonds is 4. The van der Waals surface area contributed by atoms with Crippen molar-refractivity contribution in [1.29, 1.82) is 0 Å². The number of imidazole rings is 1. The summed E-state index contributed by atoms with van der Waals surface area (Å²) in [5, 5.41) is 2.70. The number of carbonyl (C=O) groups is 1. The van der Waals surface area contributed by atoms with Gasteiger partial charge in [-0.3, -0.25) is 18.7 Å². The zero-order valence-corrected chi connectivity index (χ0v) is 17.0. The third kappa shape index (κ3) is 3.15. The van der Waals surface area contributed by atoms with Crippen molar-refractivity contribution >= 4 is 40.0 Å². The van der Waals surface area contributed by atoms with Crippen LogP contribution < -0.4 is 17.0 Å². The number of aryl methyl sites for hydroxylation is 1. The first kappa shape index (κ1) is 19.1. The fraction of sp³-hybridized carbons (Fsp3) is 0.167. The van der Waals surface area contributed by atoms with Crippen LogP contribution in [0.15, 0.2) is 39.2 Å². The minimum absolute atomic E-state index is 0.0960. The molecule has 1 aromatic carbocycles. The van der Waals surface area contributed by atoms with E-state index in [0.29, 0.717) is 11.3 Å². The summed E-state index contributed by atoms with van der Waals surface area (Å²) in [7, 11) is 2.94. The Morgan fingerprint density at radius 2 is 1.83 bits per heavy atom. The number of hydrogen-bond donors (Lipinski definition) is 1. The molecule has 0 aliphatic heterocycles. The number of benzene rings is 1. The Morgan fingerprint density at radius 1 is 1.14 bits per heavy atom. The van der Waals surface area contributed by atoms with E-state index < -0.39 is 17.2 Å². The van der Waals surface area contributed by atoms with Gasteiger partial charge in [0.05, 0.1) is 12.2 Å². The fourth-order valence-corrected chi connectivity index (χ4v) is 4.06. The number of nitrogens with two attached hydrogens (primary N) is 1. The molecule has 1 amide bonds. The highest BCUT2D eigenvalue weighted by Gasteiger charge is 2.19. The molecule has 0 spiro atoms. The maximum Gasteiger partial charge on any atom is 0.332 e. The SMILES string of the molecule is Cn1c(=O)c2c(nc(Cl)n2Cc2csc(-c3ccc(C(N)=O)cc3)n2)n(C)c1=O. The topological polar surface area (TPSA) is 118 Å². The number of thiazole rings is 1. The molecule has 0 radical (unpaired) electrons. The number of halogens is 1. The first-order chi connectivity index (χ1) is 13.8. The van der Waals surface area contributed by atoms with Crippen LogP contribution >= 0.6 is 22.9 Å². The lowest BCUT2D eigenvalue weighted by Crippen LogP contribution is -2.37. The molecule has 4 rings (SSSR count). The number of primary amides is 1. The zero-order chi connectivity index (χ0) is 20.9. The molecule has 2 N–H and O–H groups in total. The Bertz CT molecular complexity index is 1380. The molecule has 9 nitrogen and oxygen atoms in total. The quantitative estimate of drug-likeness (QED) is 0.490. The summed E-state index contributed by atoms with van der Waals surface area (Å²) in [6.07, 6.45) is 0. The van der Waals surface area contributed by atoms with Crippen LogP contribution in [0.25, 0.3) is 21.7 Å². The smallest absolute Gasteiger partial charge is 0.332 e. The standard InChI is InChI=1S/C18H15ClN6O3S/c1-23-14-12(16(27)24(2)18(23)28)25(17(19)22-14)7-11-8-29-15(21-11)10-5-3-9(4-6-10)13(20)26/h3-6,8H,7H2,1-2H3,(H2,20,26). The molecule has 0 bridgehead atoms. The van der Waals surface area contributed by atoms with Crippen molar-refractivity contribution in [2.24, 2.45) is 19.8 Å². The van der Waals surface area contributed by atoms with Crippen molar-refractivity contribution in [1.82, 2.24) is 23.7 Å². The molecule has 3 aromatic heterocycles. The number of carbonyl (C=O) groups excluding carboxylic acids is 1. The van der Waals surface area contributed by atoms with Crippen LogP contribution in [0.4, 0.5) is 0 Å². The van der Waals surface area contributed by atoms with Gasteiger partial charge < -0.3 is 10.3 Å². The van der Waals surface area contributed by atoms with Gasteiger partial charge in [0.2, 0.25) is 11.2 Å². The number of nitrogens with zero attached hydrogens (tertiary/aromatic N) is 5. The largest absolute Gasteiger partial charge is 0.366 e. The van der Waals surface area contributed by atoms with Gasteiger partial charge in [0.1, 0.15) is 5.01 Å². The lowest BCUT2D eigenvalue weighted by molar-refractivity contribution is 0.100. The molecule has 4 aromatic rings. The molecular formula is C18H15ClN6O3S. The second kappa shape index (κ2) is 6.98. The summed E-state index contributed by atoms with van der Waals surface area (Å²) >= 11 is 7.68. The van der Waals surface area contributed by atoms with Crippen LogP contribution in [0.3, 0.4) is 0 Å². The molecular weight excluding hydrogens is 416 g/mol. The van der Waals surface area contributed by atoms with Gasteiger partial charge in [0.25, 0.3) is 5.56 Å². The monoisotopic (exact) mass is 430 g/mol. The molecule has 29 heavy (non-hydrogen) atoms. The van der Waals surface area contributed by atoms with Crippen LogP contribution in [-0.4, -0.2) is 29.6 Å². The van der Waals surface area contributed by atoms with Crippen LogP contribution in [-0.2, 0) is 20.6 Å². The van der Waals surface area contributed by atoms with Crippen molar-refractivity contribution in [2.45, 2.75) is 6.54 Å². The van der Waals surface area contributed by atoms with E-state index in [1.54, 1.807) is 24.3 Å². The third-order valence-electron chi connectivity index (χ3n) is 4.59. The van der Waals surface area contributed by atoms with Crippen LogP contribution in [0.2, 0.25) is 5.28 Å². The third-order valence-corrected chi connectivity index (χ3v) is 5.82. The van der Waals surface area contributed by atoms with E-state index in [-0.39, 0.29) is 23.0 Å². The van der Waals surface area contributed by atoms with Crippen molar-refractivity contribution in [3.63, 3.8) is 0 Å². The first-order valence-corrected chi connectivity index (χ1v) is 9.70. The second-order valence-corrected chi connectivity index (χ2v) is 7.63. The molecule has 148 valence electrons. The highest BCUT2D eigenvalue weighted by molar-refractivity contribution is 7.13. The van der Waals surface area contributed by atoms with Crippen molar-refractivity contribution in [3.8, 4) is 10.6 Å². The number of amides is 1. The summed E-state index contributed by atoms with van der Waals surface area (Å²) in [5.41, 5.74) is 6.72. The number of fused-ring (bicyclic) bond motifs is 1. The Balaban J connectivity index is 1.73. The molecule has 0 atom stereocenters. The Hall–Kier alpha value is -3.24. The molecule has 11 heteroatoms. The Morgan fingerprint density at radius 3 is 2.48 bits per heavy atom. The normalized spacial score (nSPS) is 11.3. The molecule has 3 heterocycles. The molecule has 0 unspecified atom stereocenters. The highest BCUT2D eigenvalue weighted by atomic mass is 35.5. The maximum absolute atomic E-state index is 12.6. The van der Waals surface area contributed by atoms with E-state index in [1.807, 2.05) is 5.38 Å². The maximum atomic E-state index is 12.6. The van der Waals surface area contributed by atoms with Gasteiger partial charge in [-0.05, 0) is 23.7 Å². The number of hydrogen-bond acceptors (Lipinski definition) is 6. The van der Waals surface area contributed by atoms with Gasteiger partial charge >= 0.3 is 5.69 Å². The Kier molecular flexibility index (Phi) is 4.59. The van der Waals surface area contributed by atoms with Crippen LogP contribution in [0, 0.1) is 0 Å². The van der Waals surface area contributed by atoms with Gasteiger partial charge in [-0.25, -0.2) is 9.78 Å². The van der Waals surface area contributed by atoms with Crippen LogP contribution in [0.1, 0.15) is 16.1 Å². The predicted octanol–water partition coefficient (Wildman–Crippen LogP) is 1.36. The number of aromatic nitrogens is 5. The minimum atomic E-state index is -0.492. The van der Waals surface area contributed by atoms with E-state index in [1.165, 1.54) is 34.6 Å². The van der Waals surface area contributed by atoms with Gasteiger partial charge in [-0.2, -0.15) is 4.98 Å². The van der Waals surface area contributed by atoms with Gasteiger partial charge in [0, 0.05) is 30.6 Å². The van der Waals surface area contributed by atoms with Gasteiger partial charge in [0.15, 0.2) is 11.2 Å².